The molecule has 0 bridgehead atoms. The fraction of sp³-hybridized carbons (Fsp3) is 0.130. The number of halogens is 2. The number of benzene rings is 3. The molecule has 162 valence electrons. The average molecular weight is 471 g/mol. The second-order valence-electron chi connectivity index (χ2n) is 7.38. The van der Waals surface area contributed by atoms with E-state index in [2.05, 4.69) is 0 Å². The number of anilines is 1. The zero-order valence-electron chi connectivity index (χ0n) is 16.5. The Morgan fingerprint density at radius 2 is 1.75 bits per heavy atom. The van der Waals surface area contributed by atoms with Crippen molar-refractivity contribution in [3.8, 4) is 0 Å². The number of para-hydroxylation sites is 1. The minimum atomic E-state index is -2.23. The normalized spacial score (nSPS) is 17.3. The summed E-state index contributed by atoms with van der Waals surface area (Å²) in [6, 6.07) is 17.0. The number of ketones is 1. The molecule has 1 atom stereocenters. The lowest BCUT2D eigenvalue weighted by molar-refractivity contribution is -0.385. The second-order valence-corrected chi connectivity index (χ2v) is 8.22. The van der Waals surface area contributed by atoms with Crippen LogP contribution in [-0.4, -0.2) is 21.7 Å². The molecule has 1 aliphatic rings. The smallest absolute Gasteiger partial charge is 0.280 e. The van der Waals surface area contributed by atoms with Gasteiger partial charge < -0.3 is 10.0 Å². The highest BCUT2D eigenvalue weighted by Crippen LogP contribution is 2.45. The molecule has 0 radical (unpaired) electrons. The summed E-state index contributed by atoms with van der Waals surface area (Å²) < 4.78 is 0. The largest absolute Gasteiger partial charge is 0.375 e. The number of carbonyl (C=O) groups excluding carboxylic acids is 2. The van der Waals surface area contributed by atoms with E-state index in [1.807, 2.05) is 0 Å². The van der Waals surface area contributed by atoms with E-state index in [1.54, 1.807) is 36.4 Å². The van der Waals surface area contributed by atoms with Gasteiger partial charge >= 0.3 is 0 Å². The molecule has 7 nitrogen and oxygen atoms in total. The van der Waals surface area contributed by atoms with Gasteiger partial charge in [-0.3, -0.25) is 19.7 Å². The first-order chi connectivity index (χ1) is 15.2. The third kappa shape index (κ3) is 3.75. The number of hydrogen-bond acceptors (Lipinski definition) is 5. The zero-order chi connectivity index (χ0) is 23.0. The quantitative estimate of drug-likeness (QED) is 0.313. The summed E-state index contributed by atoms with van der Waals surface area (Å²) in [6.07, 6.45) is -0.678. The molecule has 0 spiro atoms. The minimum absolute atomic E-state index is 0.0646. The van der Waals surface area contributed by atoms with E-state index in [9.17, 15) is 24.8 Å². The number of rotatable bonds is 6. The molecular weight excluding hydrogens is 455 g/mol. The predicted molar refractivity (Wildman–Crippen MR) is 120 cm³/mol. The van der Waals surface area contributed by atoms with Crippen molar-refractivity contribution < 1.29 is 19.6 Å². The van der Waals surface area contributed by atoms with Crippen LogP contribution in [0, 0.1) is 10.1 Å². The predicted octanol–water partition coefficient (Wildman–Crippen LogP) is 4.91. The SMILES string of the molecule is O=C(C[C@]1(O)C(=O)N(Cc2ccccc2Cl)c2ccc(Cl)cc21)c1ccccc1[N+](=O)[O-]. The van der Waals surface area contributed by atoms with Crippen LogP contribution in [0.5, 0.6) is 0 Å². The number of nitro groups is 1. The molecule has 1 heterocycles. The van der Waals surface area contributed by atoms with E-state index in [-0.39, 0.29) is 22.7 Å². The van der Waals surface area contributed by atoms with Crippen LogP contribution in [0.4, 0.5) is 11.4 Å². The molecule has 1 aliphatic heterocycles. The number of fused-ring (bicyclic) bond motifs is 1. The van der Waals surface area contributed by atoms with Crippen molar-refractivity contribution in [2.24, 2.45) is 0 Å². The van der Waals surface area contributed by atoms with Gasteiger partial charge in [-0.05, 0) is 35.9 Å². The van der Waals surface area contributed by atoms with E-state index < -0.39 is 34.3 Å². The van der Waals surface area contributed by atoms with E-state index in [1.165, 1.54) is 35.2 Å². The Balaban J connectivity index is 1.75. The Hall–Kier alpha value is -3.26. The third-order valence-electron chi connectivity index (χ3n) is 5.40. The summed E-state index contributed by atoms with van der Waals surface area (Å²) in [5.41, 5.74) is -1.62. The van der Waals surface area contributed by atoms with Crippen molar-refractivity contribution in [1.29, 1.82) is 0 Å². The molecule has 0 saturated heterocycles. The third-order valence-corrected chi connectivity index (χ3v) is 6.00. The molecule has 3 aromatic carbocycles. The van der Waals surface area contributed by atoms with Gasteiger partial charge in [0.15, 0.2) is 11.4 Å². The fourth-order valence-electron chi connectivity index (χ4n) is 3.84. The number of hydrogen-bond donors (Lipinski definition) is 1. The molecule has 0 fully saturated rings. The number of aliphatic hydroxyl groups is 1. The Bertz CT molecular complexity index is 1260. The highest BCUT2D eigenvalue weighted by atomic mass is 35.5. The van der Waals surface area contributed by atoms with E-state index >= 15 is 0 Å². The number of Topliss-reactive ketones (excluding diaryl/α,β-unsaturated/α-hetero) is 1. The van der Waals surface area contributed by atoms with Crippen molar-refractivity contribution in [2.45, 2.75) is 18.6 Å². The van der Waals surface area contributed by atoms with Gasteiger partial charge in [-0.15, -0.1) is 0 Å². The van der Waals surface area contributed by atoms with Crippen LogP contribution in [0.25, 0.3) is 0 Å². The van der Waals surface area contributed by atoms with Crippen LogP contribution in [-0.2, 0) is 16.9 Å². The first-order valence-corrected chi connectivity index (χ1v) is 10.3. The van der Waals surface area contributed by atoms with Crippen molar-refractivity contribution >= 4 is 46.3 Å². The van der Waals surface area contributed by atoms with Crippen molar-refractivity contribution in [2.75, 3.05) is 4.90 Å². The fourth-order valence-corrected chi connectivity index (χ4v) is 4.21. The van der Waals surface area contributed by atoms with Gasteiger partial charge in [-0.25, -0.2) is 0 Å². The topological polar surface area (TPSA) is 101 Å². The van der Waals surface area contributed by atoms with E-state index in [0.29, 0.717) is 16.3 Å². The number of nitro benzene ring substituents is 1. The van der Waals surface area contributed by atoms with Crippen LogP contribution < -0.4 is 4.90 Å². The van der Waals surface area contributed by atoms with Crippen LogP contribution in [0.15, 0.2) is 66.7 Å². The summed E-state index contributed by atoms with van der Waals surface area (Å²) >= 11 is 12.4. The lowest BCUT2D eigenvalue weighted by Crippen LogP contribution is -2.41. The van der Waals surface area contributed by atoms with Gasteiger partial charge in [-0.1, -0.05) is 53.5 Å². The van der Waals surface area contributed by atoms with Crippen molar-refractivity contribution in [1.82, 2.24) is 0 Å². The molecule has 3 aromatic rings. The van der Waals surface area contributed by atoms with Gasteiger partial charge in [0, 0.05) is 21.7 Å². The lowest BCUT2D eigenvalue weighted by atomic mass is 9.87. The van der Waals surface area contributed by atoms with E-state index in [0.717, 1.165) is 0 Å². The summed E-state index contributed by atoms with van der Waals surface area (Å²) in [6.45, 7) is 0.0646. The molecule has 32 heavy (non-hydrogen) atoms. The van der Waals surface area contributed by atoms with Gasteiger partial charge in [-0.2, -0.15) is 0 Å². The molecule has 0 aromatic heterocycles. The standard InChI is InChI=1S/C23H16Cl2N2O5/c24-15-9-10-20-17(11-15)23(30,12-21(28)16-6-2-4-8-19(16)27(31)32)22(29)26(20)13-14-5-1-3-7-18(14)25/h1-11,30H,12-13H2/t23-/m1/s1. The molecule has 4 rings (SSSR count). The highest BCUT2D eigenvalue weighted by molar-refractivity contribution is 6.31. The maximum absolute atomic E-state index is 13.4. The lowest BCUT2D eigenvalue weighted by Gasteiger charge is -2.23. The van der Waals surface area contributed by atoms with Crippen LogP contribution in [0.3, 0.4) is 0 Å². The minimum Gasteiger partial charge on any atom is -0.375 e. The average Bonchev–Trinajstić information content (AvgIpc) is 2.96. The number of nitrogens with zero attached hydrogens (tertiary/aromatic N) is 2. The molecular formula is C23H16Cl2N2O5. The molecule has 9 heteroatoms. The highest BCUT2D eigenvalue weighted by Gasteiger charge is 2.51. The first-order valence-electron chi connectivity index (χ1n) is 9.57. The Labute approximate surface area is 193 Å². The molecule has 0 saturated carbocycles. The van der Waals surface area contributed by atoms with E-state index in [4.69, 9.17) is 23.2 Å². The monoisotopic (exact) mass is 470 g/mol. The molecule has 1 N–H and O–H groups in total. The second kappa shape index (κ2) is 8.35. The van der Waals surface area contributed by atoms with Crippen LogP contribution in [0.1, 0.15) is 27.9 Å². The Kier molecular flexibility index (Phi) is 5.73. The van der Waals surface area contributed by atoms with Gasteiger partial charge in [0.1, 0.15) is 0 Å². The van der Waals surface area contributed by atoms with Crippen molar-refractivity contribution in [3.63, 3.8) is 0 Å². The Morgan fingerprint density at radius 3 is 2.47 bits per heavy atom. The Morgan fingerprint density at radius 1 is 1.06 bits per heavy atom. The van der Waals surface area contributed by atoms with Gasteiger partial charge in [0.2, 0.25) is 0 Å². The number of carbonyl (C=O) groups is 2. The summed E-state index contributed by atoms with van der Waals surface area (Å²) in [4.78, 5) is 38.4. The van der Waals surface area contributed by atoms with Crippen LogP contribution >= 0.6 is 23.2 Å². The molecule has 0 aliphatic carbocycles. The number of amides is 1. The van der Waals surface area contributed by atoms with Gasteiger partial charge in [0.25, 0.3) is 11.6 Å². The molecule has 0 unspecified atom stereocenters. The zero-order valence-corrected chi connectivity index (χ0v) is 18.0. The summed E-state index contributed by atoms with van der Waals surface area (Å²) in [7, 11) is 0. The van der Waals surface area contributed by atoms with Crippen LogP contribution in [0.2, 0.25) is 10.0 Å². The molecule has 1 amide bonds. The summed E-state index contributed by atoms with van der Waals surface area (Å²) in [5, 5.41) is 23.5. The maximum Gasteiger partial charge on any atom is 0.280 e. The summed E-state index contributed by atoms with van der Waals surface area (Å²) in [5.74, 6) is -1.47. The maximum atomic E-state index is 13.4. The first kappa shape index (κ1) is 22.0. The van der Waals surface area contributed by atoms with Crippen molar-refractivity contribution in [3.05, 3.63) is 104 Å². The van der Waals surface area contributed by atoms with Gasteiger partial charge in [0.05, 0.1) is 29.1 Å².